The molecule has 0 atom stereocenters. The molecule has 0 spiro atoms. The summed E-state index contributed by atoms with van der Waals surface area (Å²) >= 11 is 0. The molecule has 3 aliphatic heterocycles. The van der Waals surface area contributed by atoms with Crippen molar-refractivity contribution in [2.45, 2.75) is 6.92 Å². The molecule has 2 bridgehead atoms. The van der Waals surface area contributed by atoms with E-state index in [2.05, 4.69) is 11.5 Å². The van der Waals surface area contributed by atoms with Crippen molar-refractivity contribution in [3.63, 3.8) is 0 Å². The largest absolute Gasteiger partial charge is 0.752 e. The first-order valence-electron chi connectivity index (χ1n) is 5.64. The predicted molar refractivity (Wildman–Crippen MR) is 61.0 cm³/mol. The summed E-state index contributed by atoms with van der Waals surface area (Å²) in [5, 5.41) is 0. The van der Waals surface area contributed by atoms with Gasteiger partial charge in [-0.1, -0.05) is 6.58 Å². The molecule has 0 aromatic carbocycles. The maximum absolute atomic E-state index is 11.6. The average molecular weight is 259 g/mol. The molecule has 0 saturated carbocycles. The van der Waals surface area contributed by atoms with Crippen LogP contribution >= 0.6 is 0 Å². The summed E-state index contributed by atoms with van der Waals surface area (Å²) in [6.45, 7) is 8.92. The lowest BCUT2D eigenvalue weighted by molar-refractivity contribution is -0.143. The fourth-order valence-electron chi connectivity index (χ4n) is 1.65. The second kappa shape index (κ2) is 5.28. The Hall–Kier alpha value is -0.733. The first-order chi connectivity index (χ1) is 8.11. The van der Waals surface area contributed by atoms with Crippen molar-refractivity contribution in [1.29, 1.82) is 0 Å². The Bertz CT molecular complexity index is 295. The molecule has 0 amide bonds. The molecule has 3 fully saturated rings. The van der Waals surface area contributed by atoms with Crippen LogP contribution in [0.15, 0.2) is 12.2 Å². The van der Waals surface area contributed by atoms with E-state index in [1.165, 1.54) is 0 Å². The lowest BCUT2D eigenvalue weighted by Gasteiger charge is -2.35. The van der Waals surface area contributed by atoms with Crippen LogP contribution in [0.25, 0.3) is 0 Å². The molecule has 0 aromatic rings. The molecule has 96 valence electrons. The smallest absolute Gasteiger partial charge is 0.448 e. The van der Waals surface area contributed by atoms with Gasteiger partial charge in [0, 0.05) is 25.2 Å². The number of carbonyl (C=O) groups excluding carboxylic acids is 1. The number of carbonyl (C=O) groups is 1. The molecule has 0 N–H and O–H groups in total. The first kappa shape index (κ1) is 12.7. The van der Waals surface area contributed by atoms with E-state index in [0.29, 0.717) is 25.4 Å². The quantitative estimate of drug-likeness (QED) is 0.511. The second-order valence-corrected chi connectivity index (χ2v) is 6.13. The van der Waals surface area contributed by atoms with Gasteiger partial charge in [-0.05, 0) is 6.92 Å². The van der Waals surface area contributed by atoms with Crippen LogP contribution in [0.5, 0.6) is 0 Å². The van der Waals surface area contributed by atoms with Crippen LogP contribution in [0.3, 0.4) is 0 Å². The maximum atomic E-state index is 11.6. The van der Waals surface area contributed by atoms with E-state index in [-0.39, 0.29) is 0 Å². The van der Waals surface area contributed by atoms with Gasteiger partial charge in [0.2, 0.25) is 0 Å². The van der Waals surface area contributed by atoms with Crippen LogP contribution in [0.4, 0.5) is 0 Å². The van der Waals surface area contributed by atoms with Crippen LogP contribution in [0.1, 0.15) is 6.92 Å². The lowest BCUT2D eigenvalue weighted by Crippen LogP contribution is -2.57. The number of hydrogen-bond donors (Lipinski definition) is 0. The number of hydrogen-bond acceptors (Lipinski definition) is 6. The molecule has 3 aliphatic rings. The Kier molecular flexibility index (Phi) is 3.95. The topological polar surface area (TPSA) is 57.2 Å². The molecule has 0 aromatic heterocycles. The number of nitrogens with zero attached hydrogens (tertiary/aromatic N) is 1. The third-order valence-corrected chi connectivity index (χ3v) is 4.73. The Balaban J connectivity index is 2.08. The third-order valence-electron chi connectivity index (χ3n) is 2.63. The molecule has 3 rings (SSSR count). The van der Waals surface area contributed by atoms with Gasteiger partial charge in [0.25, 0.3) is 0 Å². The van der Waals surface area contributed by atoms with Crippen LogP contribution in [-0.2, 0) is 22.5 Å². The molecule has 7 heteroatoms. The standard InChI is InChI=1S/C10H17NO5Si/c1-9(2)10(12)16-17-13-6-3-11(4-7-14-17)5-8-15-17/h1,3-8H2,2H3. The summed E-state index contributed by atoms with van der Waals surface area (Å²) in [5.41, 5.74) is 0.313. The summed E-state index contributed by atoms with van der Waals surface area (Å²) in [7, 11) is -3.29. The molecule has 3 heterocycles. The first-order valence-corrected chi connectivity index (χ1v) is 7.28. The summed E-state index contributed by atoms with van der Waals surface area (Å²) < 4.78 is 21.8. The number of fused-ring (bicyclic) bond motifs is 6. The molecule has 0 radical (unpaired) electrons. The summed E-state index contributed by atoms with van der Waals surface area (Å²) in [6.07, 6.45) is 0. The highest BCUT2D eigenvalue weighted by Crippen LogP contribution is 2.18. The van der Waals surface area contributed by atoms with E-state index in [0.717, 1.165) is 19.6 Å². The Labute approximate surface area is 102 Å². The van der Waals surface area contributed by atoms with E-state index in [4.69, 9.17) is 17.7 Å². The highest BCUT2D eigenvalue weighted by Gasteiger charge is 2.52. The normalized spacial score (nSPS) is 33.4. The second-order valence-electron chi connectivity index (χ2n) is 4.06. The summed E-state index contributed by atoms with van der Waals surface area (Å²) in [6, 6.07) is 0. The predicted octanol–water partition coefficient (Wildman–Crippen LogP) is -0.0797. The Morgan fingerprint density at radius 3 is 2.06 bits per heavy atom. The van der Waals surface area contributed by atoms with Crippen molar-refractivity contribution >= 4 is 15.0 Å². The van der Waals surface area contributed by atoms with Gasteiger partial charge in [-0.3, -0.25) is 4.90 Å². The molecule has 17 heavy (non-hydrogen) atoms. The van der Waals surface area contributed by atoms with E-state index in [1.54, 1.807) is 6.92 Å². The average Bonchev–Trinajstić information content (AvgIpc) is 2.19. The summed E-state index contributed by atoms with van der Waals surface area (Å²) in [4.78, 5) is 13.8. The van der Waals surface area contributed by atoms with Crippen molar-refractivity contribution in [2.75, 3.05) is 39.5 Å². The fourth-order valence-corrected chi connectivity index (χ4v) is 3.50. The van der Waals surface area contributed by atoms with Gasteiger partial charge in [0.1, 0.15) is 0 Å². The van der Waals surface area contributed by atoms with Gasteiger partial charge in [-0.15, -0.1) is 0 Å². The SMILES string of the molecule is C=C(C)C(=O)O[Si]12OCCN(CCO1)CCO2. The molecule has 6 nitrogen and oxygen atoms in total. The fraction of sp³-hybridized carbons (Fsp3) is 0.700. The lowest BCUT2D eigenvalue weighted by atomic mass is 10.4. The van der Waals surface area contributed by atoms with E-state index in [1.807, 2.05) is 0 Å². The van der Waals surface area contributed by atoms with Gasteiger partial charge in [-0.2, -0.15) is 0 Å². The van der Waals surface area contributed by atoms with E-state index in [9.17, 15) is 4.79 Å². The van der Waals surface area contributed by atoms with Crippen molar-refractivity contribution in [2.24, 2.45) is 0 Å². The zero-order valence-corrected chi connectivity index (χ0v) is 10.9. The van der Waals surface area contributed by atoms with Gasteiger partial charge in [0.05, 0.1) is 19.8 Å². The van der Waals surface area contributed by atoms with Crippen LogP contribution in [0.2, 0.25) is 0 Å². The Morgan fingerprint density at radius 1 is 1.18 bits per heavy atom. The summed E-state index contributed by atoms with van der Waals surface area (Å²) in [5.74, 6) is -0.519. The van der Waals surface area contributed by atoms with Crippen molar-refractivity contribution in [1.82, 2.24) is 4.90 Å². The monoisotopic (exact) mass is 259 g/mol. The molecule has 0 unspecified atom stereocenters. The molecule has 3 saturated heterocycles. The van der Waals surface area contributed by atoms with Crippen molar-refractivity contribution < 1.29 is 22.5 Å². The van der Waals surface area contributed by atoms with Gasteiger partial charge in [0.15, 0.2) is 0 Å². The maximum Gasteiger partial charge on any atom is 0.752 e. The van der Waals surface area contributed by atoms with Crippen LogP contribution in [0, 0.1) is 0 Å². The van der Waals surface area contributed by atoms with Gasteiger partial charge in [-0.25, -0.2) is 4.79 Å². The minimum Gasteiger partial charge on any atom is -0.448 e. The Morgan fingerprint density at radius 2 is 1.65 bits per heavy atom. The van der Waals surface area contributed by atoms with Crippen LogP contribution in [-0.4, -0.2) is 59.4 Å². The molecular formula is C10H17NO5Si. The molecule has 0 aliphatic carbocycles. The zero-order valence-electron chi connectivity index (χ0n) is 9.94. The van der Waals surface area contributed by atoms with Crippen molar-refractivity contribution in [3.8, 4) is 0 Å². The van der Waals surface area contributed by atoms with Gasteiger partial charge >= 0.3 is 15.0 Å². The van der Waals surface area contributed by atoms with Crippen LogP contribution < -0.4 is 0 Å². The third kappa shape index (κ3) is 3.14. The minimum atomic E-state index is -3.29. The molecular weight excluding hydrogens is 242 g/mol. The highest BCUT2D eigenvalue weighted by atomic mass is 28.4. The highest BCUT2D eigenvalue weighted by molar-refractivity contribution is 6.55. The van der Waals surface area contributed by atoms with Crippen molar-refractivity contribution in [3.05, 3.63) is 12.2 Å². The number of rotatable bonds is 2. The van der Waals surface area contributed by atoms with Gasteiger partial charge < -0.3 is 17.7 Å². The zero-order chi connectivity index (χ0) is 12.3. The van der Waals surface area contributed by atoms with E-state index < -0.39 is 15.0 Å². The minimum absolute atomic E-state index is 0.313. The van der Waals surface area contributed by atoms with E-state index >= 15 is 0 Å².